The first-order chi connectivity index (χ1) is 8.18. The molecule has 0 aliphatic heterocycles. The molecule has 0 bridgehead atoms. The Morgan fingerprint density at radius 1 is 1.65 bits per heavy atom. The fourth-order valence-electron chi connectivity index (χ4n) is 1.06. The third kappa shape index (κ3) is 3.08. The third-order valence-electron chi connectivity index (χ3n) is 1.99. The molecule has 1 heterocycles. The molecule has 0 radical (unpaired) electrons. The minimum absolute atomic E-state index is 0.194. The van der Waals surface area contributed by atoms with E-state index in [1.807, 2.05) is 0 Å². The largest absolute Gasteiger partial charge is 0.392 e. The maximum Gasteiger partial charge on any atom is 0.202 e. The van der Waals surface area contributed by atoms with Crippen molar-refractivity contribution in [1.29, 1.82) is 0 Å². The van der Waals surface area contributed by atoms with Crippen LogP contribution in [0.4, 0.5) is 5.13 Å². The lowest BCUT2D eigenvalue weighted by atomic mass is 10.0. The average Bonchev–Trinajstić information content (AvgIpc) is 2.77. The van der Waals surface area contributed by atoms with E-state index >= 15 is 0 Å². The minimum Gasteiger partial charge on any atom is -0.392 e. The Bertz CT molecular complexity index is 420. The van der Waals surface area contributed by atoms with Crippen LogP contribution in [0.3, 0.4) is 0 Å². The number of methoxy groups -OCH3 is 1. The van der Waals surface area contributed by atoms with E-state index < -0.39 is 5.60 Å². The summed E-state index contributed by atoms with van der Waals surface area (Å²) in [6, 6.07) is 0. The second-order valence-corrected chi connectivity index (χ2v) is 3.84. The molecule has 0 aliphatic carbocycles. The fourth-order valence-corrected chi connectivity index (χ4v) is 1.70. The van der Waals surface area contributed by atoms with Crippen LogP contribution < -0.4 is 5.73 Å². The van der Waals surface area contributed by atoms with Crippen molar-refractivity contribution in [3.63, 3.8) is 0 Å². The molecule has 2 N–H and O–H groups in total. The lowest BCUT2D eigenvalue weighted by Gasteiger charge is -2.22. The van der Waals surface area contributed by atoms with E-state index in [9.17, 15) is 9.59 Å². The molecule has 17 heavy (non-hydrogen) atoms. The Morgan fingerprint density at radius 3 is 2.88 bits per heavy atom. The molecule has 1 aromatic rings. The second kappa shape index (κ2) is 6.06. The zero-order valence-electron chi connectivity index (χ0n) is 9.03. The van der Waals surface area contributed by atoms with Crippen molar-refractivity contribution < 1.29 is 19.2 Å². The van der Waals surface area contributed by atoms with Gasteiger partial charge in [0.15, 0.2) is 24.3 Å². The summed E-state index contributed by atoms with van der Waals surface area (Å²) in [4.78, 5) is 29.9. The Morgan fingerprint density at radius 2 is 2.41 bits per heavy atom. The van der Waals surface area contributed by atoms with E-state index in [1.165, 1.54) is 18.4 Å². The number of anilines is 1. The summed E-state index contributed by atoms with van der Waals surface area (Å²) in [7, 11) is 1.34. The van der Waals surface area contributed by atoms with Gasteiger partial charge in [0.1, 0.15) is 6.21 Å². The topological polar surface area (TPSA) is 104 Å². The third-order valence-corrected chi connectivity index (χ3v) is 2.66. The van der Waals surface area contributed by atoms with Gasteiger partial charge in [0.2, 0.25) is 5.60 Å². The van der Waals surface area contributed by atoms with Crippen molar-refractivity contribution in [1.82, 2.24) is 4.98 Å². The van der Waals surface area contributed by atoms with E-state index in [0.717, 1.165) is 6.21 Å². The van der Waals surface area contributed by atoms with Crippen molar-refractivity contribution >= 4 is 35.3 Å². The minimum atomic E-state index is -1.37. The number of ether oxygens (including phenoxy) is 1. The van der Waals surface area contributed by atoms with Crippen molar-refractivity contribution in [3.8, 4) is 0 Å². The van der Waals surface area contributed by atoms with Crippen molar-refractivity contribution in [2.24, 2.45) is 5.16 Å². The highest BCUT2D eigenvalue weighted by Crippen LogP contribution is 2.26. The smallest absolute Gasteiger partial charge is 0.202 e. The van der Waals surface area contributed by atoms with Crippen molar-refractivity contribution in [3.05, 3.63) is 11.1 Å². The first kappa shape index (κ1) is 13.3. The highest BCUT2D eigenvalue weighted by atomic mass is 32.1. The molecule has 0 spiro atoms. The average molecular weight is 257 g/mol. The highest BCUT2D eigenvalue weighted by Gasteiger charge is 2.36. The molecular formula is C9H11N3O4S. The summed E-state index contributed by atoms with van der Waals surface area (Å²) in [5, 5.41) is 5.23. The summed E-state index contributed by atoms with van der Waals surface area (Å²) in [5.41, 5.74) is 4.46. The van der Waals surface area contributed by atoms with Crippen LogP contribution in [0.15, 0.2) is 10.5 Å². The lowest BCUT2D eigenvalue weighted by molar-refractivity contribution is -0.138. The molecular weight excluding hydrogens is 246 g/mol. The Labute approximate surface area is 101 Å². The number of rotatable bonds is 7. The number of aldehydes is 2. The molecule has 1 atom stereocenters. The van der Waals surface area contributed by atoms with Crippen LogP contribution in [0.2, 0.25) is 0 Å². The number of aromatic nitrogens is 1. The van der Waals surface area contributed by atoms with Gasteiger partial charge in [-0.1, -0.05) is 5.16 Å². The van der Waals surface area contributed by atoms with Crippen molar-refractivity contribution in [2.45, 2.75) is 5.60 Å². The fraction of sp³-hybridized carbons (Fsp3) is 0.333. The predicted octanol–water partition coefficient (Wildman–Crippen LogP) is -0.0328. The van der Waals surface area contributed by atoms with Crippen LogP contribution in [0, 0.1) is 0 Å². The Balaban J connectivity index is 2.85. The molecule has 92 valence electrons. The van der Waals surface area contributed by atoms with Gasteiger partial charge in [-0.2, -0.15) is 0 Å². The molecule has 0 aromatic carbocycles. The number of nitrogens with zero attached hydrogens (tertiary/aromatic N) is 2. The molecule has 0 amide bonds. The number of nitrogen functional groups attached to an aromatic ring is 1. The molecule has 1 rings (SSSR count). The molecule has 7 nitrogen and oxygen atoms in total. The molecule has 0 saturated heterocycles. The predicted molar refractivity (Wildman–Crippen MR) is 61.8 cm³/mol. The van der Waals surface area contributed by atoms with E-state index in [-0.39, 0.29) is 6.61 Å². The lowest BCUT2D eigenvalue weighted by Crippen LogP contribution is -2.35. The summed E-state index contributed by atoms with van der Waals surface area (Å²) in [6.07, 6.45) is 1.93. The van der Waals surface area contributed by atoms with Gasteiger partial charge in [-0.15, -0.1) is 11.3 Å². The quantitative estimate of drug-likeness (QED) is 0.418. The zero-order chi connectivity index (χ0) is 12.7. The molecule has 1 unspecified atom stereocenters. The number of carbonyl (C=O) groups is 2. The SMILES string of the molecule is COC(C=O)(CON=CC=O)c1csc(N)n1. The van der Waals surface area contributed by atoms with Crippen LogP contribution in [0.1, 0.15) is 5.69 Å². The van der Waals surface area contributed by atoms with Crippen LogP contribution in [0.25, 0.3) is 0 Å². The van der Waals surface area contributed by atoms with Gasteiger partial charge in [0.25, 0.3) is 0 Å². The number of nitrogens with two attached hydrogens (primary N) is 1. The van der Waals surface area contributed by atoms with Crippen LogP contribution in [-0.2, 0) is 24.8 Å². The van der Waals surface area contributed by atoms with Gasteiger partial charge in [0, 0.05) is 12.5 Å². The van der Waals surface area contributed by atoms with Gasteiger partial charge >= 0.3 is 0 Å². The van der Waals surface area contributed by atoms with Crippen LogP contribution in [-0.4, -0.2) is 37.5 Å². The van der Waals surface area contributed by atoms with Gasteiger partial charge in [0.05, 0.1) is 5.69 Å². The van der Waals surface area contributed by atoms with Crippen LogP contribution >= 0.6 is 11.3 Å². The number of thiazole rings is 1. The van der Waals surface area contributed by atoms with E-state index in [1.54, 1.807) is 5.38 Å². The molecule has 0 fully saturated rings. The highest BCUT2D eigenvalue weighted by molar-refractivity contribution is 7.13. The number of carbonyl (C=O) groups excluding carboxylic acids is 2. The summed E-state index contributed by atoms with van der Waals surface area (Å²) in [6.45, 7) is -0.194. The van der Waals surface area contributed by atoms with Gasteiger partial charge in [-0.05, 0) is 0 Å². The summed E-state index contributed by atoms with van der Waals surface area (Å²) < 4.78 is 5.10. The first-order valence-electron chi connectivity index (χ1n) is 4.50. The molecule has 1 aromatic heterocycles. The second-order valence-electron chi connectivity index (χ2n) is 2.95. The Hall–Kier alpha value is -1.80. The van der Waals surface area contributed by atoms with Crippen molar-refractivity contribution in [2.75, 3.05) is 19.5 Å². The number of hydrogen-bond acceptors (Lipinski definition) is 8. The van der Waals surface area contributed by atoms with E-state index in [0.29, 0.717) is 23.4 Å². The normalized spacial score (nSPS) is 14.4. The maximum atomic E-state index is 11.1. The summed E-state index contributed by atoms with van der Waals surface area (Å²) >= 11 is 1.18. The maximum absolute atomic E-state index is 11.1. The van der Waals surface area contributed by atoms with E-state index in [2.05, 4.69) is 10.1 Å². The number of hydrogen-bond donors (Lipinski definition) is 1. The summed E-state index contributed by atoms with van der Waals surface area (Å²) in [5.74, 6) is 0. The molecule has 0 saturated carbocycles. The van der Waals surface area contributed by atoms with Gasteiger partial charge < -0.3 is 15.3 Å². The molecule has 8 heteroatoms. The Kier molecular flexibility index (Phi) is 4.73. The van der Waals surface area contributed by atoms with Crippen LogP contribution in [0.5, 0.6) is 0 Å². The standard InChI is InChI=1S/C9H11N3O4S/c1-15-9(5-14,6-16-11-2-3-13)7-4-17-8(10)12-7/h2-5H,6H2,1H3,(H2,10,12). The monoisotopic (exact) mass is 257 g/mol. The van der Waals surface area contributed by atoms with Gasteiger partial charge in [-0.3, -0.25) is 9.59 Å². The van der Waals surface area contributed by atoms with E-state index in [4.69, 9.17) is 15.3 Å². The first-order valence-corrected chi connectivity index (χ1v) is 5.38. The van der Waals surface area contributed by atoms with Gasteiger partial charge in [-0.25, -0.2) is 4.98 Å². The zero-order valence-corrected chi connectivity index (χ0v) is 9.85. The number of oxime groups is 1. The molecule has 0 aliphatic rings.